The first kappa shape index (κ1) is 11.1. The standard InChI is InChI=1S/C12H19NOS/c1-9-5-6-11(14-9)8-13-10(2)12-4-3-7-15-12/h3-4,7,9-11,13H,5-6,8H2,1-2H3/t9?,10-,11?/m1/s1. The van der Waals surface area contributed by atoms with Crippen molar-refractivity contribution in [1.82, 2.24) is 5.32 Å². The van der Waals surface area contributed by atoms with Crippen LogP contribution in [0.3, 0.4) is 0 Å². The van der Waals surface area contributed by atoms with E-state index in [2.05, 4.69) is 36.7 Å². The Morgan fingerprint density at radius 3 is 3.07 bits per heavy atom. The van der Waals surface area contributed by atoms with Gasteiger partial charge in [0, 0.05) is 17.5 Å². The summed E-state index contributed by atoms with van der Waals surface area (Å²) in [5, 5.41) is 5.66. The van der Waals surface area contributed by atoms with Crippen molar-refractivity contribution in [2.45, 2.75) is 44.9 Å². The molecule has 1 N–H and O–H groups in total. The second-order valence-corrected chi connectivity index (χ2v) is 5.27. The fourth-order valence-electron chi connectivity index (χ4n) is 1.98. The lowest BCUT2D eigenvalue weighted by atomic mass is 10.2. The van der Waals surface area contributed by atoms with Crippen LogP contribution in [-0.4, -0.2) is 18.8 Å². The fraction of sp³-hybridized carbons (Fsp3) is 0.667. The van der Waals surface area contributed by atoms with Crippen LogP contribution in [0, 0.1) is 0 Å². The first-order valence-corrected chi connectivity index (χ1v) is 6.56. The highest BCUT2D eigenvalue weighted by Crippen LogP contribution is 2.21. The molecule has 0 saturated carbocycles. The van der Waals surface area contributed by atoms with Gasteiger partial charge in [0.15, 0.2) is 0 Å². The van der Waals surface area contributed by atoms with Crippen LogP contribution < -0.4 is 5.32 Å². The van der Waals surface area contributed by atoms with Crippen LogP contribution in [0.15, 0.2) is 17.5 Å². The number of hydrogen-bond acceptors (Lipinski definition) is 3. The molecular weight excluding hydrogens is 206 g/mol. The average Bonchev–Trinajstić information content (AvgIpc) is 2.84. The second-order valence-electron chi connectivity index (χ2n) is 4.29. The van der Waals surface area contributed by atoms with Crippen LogP contribution in [0.4, 0.5) is 0 Å². The Kier molecular flexibility index (Phi) is 3.78. The smallest absolute Gasteiger partial charge is 0.0704 e. The summed E-state index contributed by atoms with van der Waals surface area (Å²) in [5.74, 6) is 0. The van der Waals surface area contributed by atoms with E-state index in [4.69, 9.17) is 4.74 Å². The molecule has 0 radical (unpaired) electrons. The molecular formula is C12H19NOS. The van der Waals surface area contributed by atoms with Crippen LogP contribution in [-0.2, 0) is 4.74 Å². The Balaban J connectivity index is 1.74. The van der Waals surface area contributed by atoms with E-state index in [-0.39, 0.29) is 0 Å². The monoisotopic (exact) mass is 225 g/mol. The highest BCUT2D eigenvalue weighted by Gasteiger charge is 2.21. The van der Waals surface area contributed by atoms with Crippen molar-refractivity contribution in [3.05, 3.63) is 22.4 Å². The maximum Gasteiger partial charge on any atom is 0.0704 e. The van der Waals surface area contributed by atoms with Crippen molar-refractivity contribution in [3.63, 3.8) is 0 Å². The molecule has 1 aromatic rings. The normalized spacial score (nSPS) is 28.1. The zero-order valence-corrected chi connectivity index (χ0v) is 10.2. The molecule has 1 aromatic heterocycles. The first-order valence-electron chi connectivity index (χ1n) is 5.68. The fourth-order valence-corrected chi connectivity index (χ4v) is 2.74. The van der Waals surface area contributed by atoms with Gasteiger partial charge in [-0.1, -0.05) is 6.07 Å². The molecule has 0 aliphatic carbocycles. The zero-order valence-electron chi connectivity index (χ0n) is 9.40. The Morgan fingerprint density at radius 1 is 1.60 bits per heavy atom. The third-order valence-electron chi connectivity index (χ3n) is 2.94. The lowest BCUT2D eigenvalue weighted by Crippen LogP contribution is -2.28. The van der Waals surface area contributed by atoms with E-state index in [9.17, 15) is 0 Å². The Bertz CT molecular complexity index is 286. The second kappa shape index (κ2) is 5.10. The maximum absolute atomic E-state index is 5.77. The van der Waals surface area contributed by atoms with E-state index in [0.717, 1.165) is 6.54 Å². The van der Waals surface area contributed by atoms with E-state index in [0.29, 0.717) is 18.2 Å². The van der Waals surface area contributed by atoms with Crippen LogP contribution in [0.5, 0.6) is 0 Å². The number of hydrogen-bond donors (Lipinski definition) is 1. The van der Waals surface area contributed by atoms with E-state index >= 15 is 0 Å². The van der Waals surface area contributed by atoms with Crippen molar-refractivity contribution in [2.24, 2.45) is 0 Å². The summed E-state index contributed by atoms with van der Waals surface area (Å²) in [5.41, 5.74) is 0. The number of rotatable bonds is 4. The van der Waals surface area contributed by atoms with Gasteiger partial charge >= 0.3 is 0 Å². The topological polar surface area (TPSA) is 21.3 Å². The van der Waals surface area contributed by atoms with Crippen LogP contribution in [0.25, 0.3) is 0 Å². The van der Waals surface area contributed by atoms with Crippen molar-refractivity contribution >= 4 is 11.3 Å². The molecule has 1 aliphatic heterocycles. The van der Waals surface area contributed by atoms with Gasteiger partial charge in [-0.3, -0.25) is 0 Å². The Labute approximate surface area is 95.6 Å². The molecule has 0 spiro atoms. The molecule has 0 bridgehead atoms. The van der Waals surface area contributed by atoms with Gasteiger partial charge in [0.05, 0.1) is 12.2 Å². The highest BCUT2D eigenvalue weighted by atomic mass is 32.1. The molecule has 0 amide bonds. The molecule has 84 valence electrons. The van der Waals surface area contributed by atoms with Crippen molar-refractivity contribution in [1.29, 1.82) is 0 Å². The Morgan fingerprint density at radius 2 is 2.47 bits per heavy atom. The van der Waals surface area contributed by atoms with Crippen LogP contribution in [0.1, 0.15) is 37.6 Å². The molecule has 3 atom stereocenters. The molecule has 2 nitrogen and oxygen atoms in total. The third kappa shape index (κ3) is 3.03. The molecule has 1 saturated heterocycles. The summed E-state index contributed by atoms with van der Waals surface area (Å²) < 4.78 is 5.77. The molecule has 2 heterocycles. The minimum atomic E-state index is 0.419. The Hall–Kier alpha value is -0.380. The van der Waals surface area contributed by atoms with Gasteiger partial charge in [-0.2, -0.15) is 0 Å². The van der Waals surface area contributed by atoms with Gasteiger partial charge in [0.2, 0.25) is 0 Å². The van der Waals surface area contributed by atoms with Gasteiger partial charge in [-0.15, -0.1) is 11.3 Å². The molecule has 1 aliphatic rings. The summed E-state index contributed by atoms with van der Waals surface area (Å²) in [4.78, 5) is 1.40. The number of nitrogens with one attached hydrogen (secondary N) is 1. The molecule has 2 unspecified atom stereocenters. The predicted molar refractivity (Wildman–Crippen MR) is 64.3 cm³/mol. The van der Waals surface area contributed by atoms with Gasteiger partial charge in [0.1, 0.15) is 0 Å². The molecule has 0 aromatic carbocycles. The molecule has 2 rings (SSSR count). The summed E-state index contributed by atoms with van der Waals surface area (Å²) in [6.07, 6.45) is 3.28. The average molecular weight is 225 g/mol. The number of thiophene rings is 1. The first-order chi connectivity index (χ1) is 7.25. The van der Waals surface area contributed by atoms with Crippen molar-refractivity contribution in [3.8, 4) is 0 Å². The molecule has 3 heteroatoms. The summed E-state index contributed by atoms with van der Waals surface area (Å²) in [6, 6.07) is 4.73. The van der Waals surface area contributed by atoms with E-state index in [1.807, 2.05) is 11.3 Å². The van der Waals surface area contributed by atoms with Crippen molar-refractivity contribution in [2.75, 3.05) is 6.54 Å². The van der Waals surface area contributed by atoms with Gasteiger partial charge in [-0.25, -0.2) is 0 Å². The third-order valence-corrected chi connectivity index (χ3v) is 4.00. The van der Waals surface area contributed by atoms with Gasteiger partial charge < -0.3 is 10.1 Å². The predicted octanol–water partition coefficient (Wildman–Crippen LogP) is 2.97. The van der Waals surface area contributed by atoms with Crippen LogP contribution in [0.2, 0.25) is 0 Å². The summed E-state index contributed by atoms with van der Waals surface area (Å²) >= 11 is 1.81. The molecule has 15 heavy (non-hydrogen) atoms. The summed E-state index contributed by atoms with van der Waals surface area (Å²) in [6.45, 7) is 5.34. The van der Waals surface area contributed by atoms with E-state index in [1.54, 1.807) is 0 Å². The number of ether oxygens (including phenoxy) is 1. The minimum Gasteiger partial charge on any atom is -0.374 e. The van der Waals surface area contributed by atoms with Crippen LogP contribution >= 0.6 is 11.3 Å². The zero-order chi connectivity index (χ0) is 10.7. The van der Waals surface area contributed by atoms with Gasteiger partial charge in [0.25, 0.3) is 0 Å². The van der Waals surface area contributed by atoms with E-state index < -0.39 is 0 Å². The summed E-state index contributed by atoms with van der Waals surface area (Å²) in [7, 11) is 0. The highest BCUT2D eigenvalue weighted by molar-refractivity contribution is 7.10. The molecule has 1 fully saturated rings. The lowest BCUT2D eigenvalue weighted by molar-refractivity contribution is 0.0547. The van der Waals surface area contributed by atoms with E-state index in [1.165, 1.54) is 17.7 Å². The SMILES string of the molecule is CC1CCC(CN[C@H](C)c2cccs2)O1. The lowest BCUT2D eigenvalue weighted by Gasteiger charge is -2.16. The quantitative estimate of drug-likeness (QED) is 0.850. The largest absolute Gasteiger partial charge is 0.374 e. The van der Waals surface area contributed by atoms with Crippen molar-refractivity contribution < 1.29 is 4.74 Å². The minimum absolute atomic E-state index is 0.419. The van der Waals surface area contributed by atoms with Gasteiger partial charge in [-0.05, 0) is 38.1 Å². The maximum atomic E-state index is 5.77.